The summed E-state index contributed by atoms with van der Waals surface area (Å²) in [6, 6.07) is 8.16. The normalized spacial score (nSPS) is 12.6. The Morgan fingerprint density at radius 1 is 1.37 bits per heavy atom. The van der Waals surface area contributed by atoms with Crippen molar-refractivity contribution < 1.29 is 9.53 Å². The van der Waals surface area contributed by atoms with E-state index in [4.69, 9.17) is 4.74 Å². The Balaban J connectivity index is 2.48. The molecule has 1 N–H and O–H groups in total. The van der Waals surface area contributed by atoms with Crippen LogP contribution < -0.4 is 5.32 Å². The fourth-order valence-electron chi connectivity index (χ4n) is 1.70. The van der Waals surface area contributed by atoms with Gasteiger partial charge in [-0.3, -0.25) is 0 Å². The second-order valence-electron chi connectivity index (χ2n) is 5.70. The van der Waals surface area contributed by atoms with Crippen LogP contribution in [0.25, 0.3) is 6.08 Å². The first kappa shape index (κ1) is 15.3. The lowest BCUT2D eigenvalue weighted by atomic mass is 10.1. The number of benzene rings is 1. The molecule has 0 fully saturated rings. The number of nitrogens with one attached hydrogen (secondary N) is 1. The standard InChI is InChI=1S/C16H23NO2/c1-6-13-7-9-14(10-8-13)11-12(2)17-15(18)19-16(3,4)5/h6-10,12H,1,11H2,2-5H3,(H,17,18). The Morgan fingerprint density at radius 2 is 1.95 bits per heavy atom. The van der Waals surface area contributed by atoms with Crippen molar-refractivity contribution >= 4 is 12.2 Å². The van der Waals surface area contributed by atoms with Gasteiger partial charge < -0.3 is 10.1 Å². The number of amides is 1. The van der Waals surface area contributed by atoms with Gasteiger partial charge >= 0.3 is 6.09 Å². The summed E-state index contributed by atoms with van der Waals surface area (Å²) in [5, 5.41) is 2.83. The molecule has 0 heterocycles. The van der Waals surface area contributed by atoms with Crippen LogP contribution in [0, 0.1) is 0 Å². The van der Waals surface area contributed by atoms with E-state index in [1.807, 2.05) is 58.0 Å². The zero-order valence-electron chi connectivity index (χ0n) is 12.2. The average molecular weight is 261 g/mol. The number of hydrogen-bond acceptors (Lipinski definition) is 2. The van der Waals surface area contributed by atoms with Crippen LogP contribution in [0.4, 0.5) is 4.79 Å². The quantitative estimate of drug-likeness (QED) is 0.895. The number of carbonyl (C=O) groups excluding carboxylic acids is 1. The maximum Gasteiger partial charge on any atom is 0.407 e. The van der Waals surface area contributed by atoms with E-state index in [1.54, 1.807) is 0 Å². The van der Waals surface area contributed by atoms with Gasteiger partial charge in [0.2, 0.25) is 0 Å². The third kappa shape index (κ3) is 6.09. The molecule has 3 nitrogen and oxygen atoms in total. The molecular formula is C16H23NO2. The molecule has 1 aromatic rings. The summed E-state index contributed by atoms with van der Waals surface area (Å²) in [5.74, 6) is 0. The largest absolute Gasteiger partial charge is 0.444 e. The average Bonchev–Trinajstić information content (AvgIpc) is 2.27. The molecule has 104 valence electrons. The zero-order chi connectivity index (χ0) is 14.5. The molecule has 0 bridgehead atoms. The first-order valence-electron chi connectivity index (χ1n) is 6.51. The van der Waals surface area contributed by atoms with Crippen LogP contribution in [0.1, 0.15) is 38.8 Å². The minimum atomic E-state index is -0.463. The van der Waals surface area contributed by atoms with Crippen molar-refractivity contribution in [3.63, 3.8) is 0 Å². The van der Waals surface area contributed by atoms with Crippen molar-refractivity contribution in [2.75, 3.05) is 0 Å². The predicted octanol–water partition coefficient (Wildman–Crippen LogP) is 3.79. The molecule has 1 aromatic carbocycles. The highest BCUT2D eigenvalue weighted by molar-refractivity contribution is 5.68. The minimum Gasteiger partial charge on any atom is -0.444 e. The number of hydrogen-bond donors (Lipinski definition) is 1. The van der Waals surface area contributed by atoms with Gasteiger partial charge in [0.1, 0.15) is 5.60 Å². The Bertz CT molecular complexity index is 429. The zero-order valence-corrected chi connectivity index (χ0v) is 12.2. The molecule has 0 aromatic heterocycles. The second-order valence-corrected chi connectivity index (χ2v) is 5.70. The van der Waals surface area contributed by atoms with Crippen LogP contribution in [-0.4, -0.2) is 17.7 Å². The lowest BCUT2D eigenvalue weighted by molar-refractivity contribution is 0.0508. The molecule has 19 heavy (non-hydrogen) atoms. The molecule has 0 spiro atoms. The molecule has 1 atom stereocenters. The summed E-state index contributed by atoms with van der Waals surface area (Å²) in [4.78, 5) is 11.6. The molecule has 1 unspecified atom stereocenters. The molecular weight excluding hydrogens is 238 g/mol. The summed E-state index contributed by atoms with van der Waals surface area (Å²) in [7, 11) is 0. The van der Waals surface area contributed by atoms with E-state index >= 15 is 0 Å². The molecule has 0 aliphatic carbocycles. The van der Waals surface area contributed by atoms with E-state index < -0.39 is 5.60 Å². The third-order valence-electron chi connectivity index (χ3n) is 2.52. The van der Waals surface area contributed by atoms with Crippen molar-refractivity contribution in [3.05, 3.63) is 42.0 Å². The molecule has 0 aliphatic heterocycles. The molecule has 1 amide bonds. The predicted molar refractivity (Wildman–Crippen MR) is 79.1 cm³/mol. The van der Waals surface area contributed by atoms with Gasteiger partial charge in [-0.25, -0.2) is 4.79 Å². The highest BCUT2D eigenvalue weighted by atomic mass is 16.6. The van der Waals surface area contributed by atoms with Crippen molar-refractivity contribution in [1.29, 1.82) is 0 Å². The van der Waals surface area contributed by atoms with Crippen molar-refractivity contribution in [1.82, 2.24) is 5.32 Å². The topological polar surface area (TPSA) is 38.3 Å². The smallest absolute Gasteiger partial charge is 0.407 e. The Labute approximate surface area is 115 Å². The Hall–Kier alpha value is -1.77. The van der Waals surface area contributed by atoms with Crippen molar-refractivity contribution in [2.45, 2.75) is 45.8 Å². The Kier molecular flexibility index (Phi) is 5.16. The van der Waals surface area contributed by atoms with Crippen molar-refractivity contribution in [3.8, 4) is 0 Å². The molecule has 0 radical (unpaired) electrons. The van der Waals surface area contributed by atoms with Gasteiger partial charge in [-0.1, -0.05) is 36.9 Å². The van der Waals surface area contributed by atoms with Crippen LogP contribution in [0.5, 0.6) is 0 Å². The molecule has 0 saturated carbocycles. The maximum absolute atomic E-state index is 11.6. The van der Waals surface area contributed by atoms with Gasteiger partial charge in [0, 0.05) is 6.04 Å². The molecule has 1 rings (SSSR count). The van der Waals surface area contributed by atoms with E-state index in [9.17, 15) is 4.79 Å². The SMILES string of the molecule is C=Cc1ccc(CC(C)NC(=O)OC(C)(C)C)cc1. The van der Waals surface area contributed by atoms with Gasteiger partial charge in [-0.15, -0.1) is 0 Å². The van der Waals surface area contributed by atoms with Gasteiger partial charge in [0.25, 0.3) is 0 Å². The van der Waals surface area contributed by atoms with E-state index in [0.717, 1.165) is 12.0 Å². The molecule has 3 heteroatoms. The molecule has 0 saturated heterocycles. The molecule has 0 aliphatic rings. The summed E-state index contributed by atoms with van der Waals surface area (Å²) >= 11 is 0. The van der Waals surface area contributed by atoms with E-state index in [2.05, 4.69) is 11.9 Å². The number of rotatable bonds is 4. The van der Waals surface area contributed by atoms with Gasteiger partial charge in [-0.05, 0) is 45.2 Å². The van der Waals surface area contributed by atoms with E-state index in [1.165, 1.54) is 5.56 Å². The lowest BCUT2D eigenvalue weighted by Gasteiger charge is -2.22. The van der Waals surface area contributed by atoms with Crippen LogP contribution in [0.15, 0.2) is 30.8 Å². The van der Waals surface area contributed by atoms with Gasteiger partial charge in [0.05, 0.1) is 0 Å². The van der Waals surface area contributed by atoms with Gasteiger partial charge in [0.15, 0.2) is 0 Å². The highest BCUT2D eigenvalue weighted by Gasteiger charge is 2.17. The fraction of sp³-hybridized carbons (Fsp3) is 0.438. The van der Waals surface area contributed by atoms with Gasteiger partial charge in [-0.2, -0.15) is 0 Å². The maximum atomic E-state index is 11.6. The summed E-state index contributed by atoms with van der Waals surface area (Å²) in [5.41, 5.74) is 1.81. The van der Waals surface area contributed by atoms with E-state index in [0.29, 0.717) is 0 Å². The Morgan fingerprint density at radius 3 is 2.42 bits per heavy atom. The van der Waals surface area contributed by atoms with Crippen LogP contribution in [0.2, 0.25) is 0 Å². The first-order chi connectivity index (χ1) is 8.80. The number of carbonyl (C=O) groups is 1. The fourth-order valence-corrected chi connectivity index (χ4v) is 1.70. The minimum absolute atomic E-state index is 0.0319. The first-order valence-corrected chi connectivity index (χ1v) is 6.51. The summed E-state index contributed by atoms with van der Waals surface area (Å²) in [6.07, 6.45) is 2.21. The third-order valence-corrected chi connectivity index (χ3v) is 2.52. The number of ether oxygens (including phenoxy) is 1. The lowest BCUT2D eigenvalue weighted by Crippen LogP contribution is -2.38. The second kappa shape index (κ2) is 6.41. The van der Waals surface area contributed by atoms with E-state index in [-0.39, 0.29) is 12.1 Å². The van der Waals surface area contributed by atoms with Crippen molar-refractivity contribution in [2.24, 2.45) is 0 Å². The van der Waals surface area contributed by atoms with Crippen LogP contribution in [0.3, 0.4) is 0 Å². The van der Waals surface area contributed by atoms with Crippen LogP contribution in [-0.2, 0) is 11.2 Å². The summed E-state index contributed by atoms with van der Waals surface area (Å²) in [6.45, 7) is 11.2. The monoisotopic (exact) mass is 261 g/mol. The van der Waals surface area contributed by atoms with Crippen LogP contribution >= 0.6 is 0 Å². The summed E-state index contributed by atoms with van der Waals surface area (Å²) < 4.78 is 5.22. The highest BCUT2D eigenvalue weighted by Crippen LogP contribution is 2.09. The number of alkyl carbamates (subject to hydrolysis) is 1.